The zero-order valence-electron chi connectivity index (χ0n) is 15.5. The minimum Gasteiger partial charge on any atom is -0.341 e. The summed E-state index contributed by atoms with van der Waals surface area (Å²) in [6, 6.07) is 13.9. The maximum absolute atomic E-state index is 13.3. The Kier molecular flexibility index (Phi) is 6.22. The molecule has 1 aliphatic rings. The molecule has 1 N–H and O–H groups in total. The molecule has 140 valence electrons. The van der Waals surface area contributed by atoms with E-state index >= 15 is 0 Å². The van der Waals surface area contributed by atoms with Crippen molar-refractivity contribution in [3.8, 4) is 0 Å². The summed E-state index contributed by atoms with van der Waals surface area (Å²) in [4.78, 5) is 4.60. The molecule has 0 unspecified atom stereocenters. The monoisotopic (exact) mass is 359 g/mol. The van der Waals surface area contributed by atoms with Crippen molar-refractivity contribution in [3.05, 3.63) is 60.2 Å². The molecule has 0 amide bonds. The van der Waals surface area contributed by atoms with Gasteiger partial charge in [0, 0.05) is 43.1 Å². The largest absolute Gasteiger partial charge is 0.341 e. The standard InChI is InChI=1S/C21H27F2N3/c1-16-14-25(15-17(2)24-16)12-3-13-26(20-8-4-18(22)5-9-20)21-10-6-19(23)7-11-21/h4-11,16-17,24H,3,12-15H2,1-2H3/t16-,17+. The van der Waals surface area contributed by atoms with Gasteiger partial charge in [-0.1, -0.05) is 0 Å². The van der Waals surface area contributed by atoms with E-state index in [1.807, 2.05) is 0 Å². The predicted molar refractivity (Wildman–Crippen MR) is 103 cm³/mol. The van der Waals surface area contributed by atoms with Gasteiger partial charge in [0.25, 0.3) is 0 Å². The van der Waals surface area contributed by atoms with Gasteiger partial charge in [0.1, 0.15) is 11.6 Å². The highest BCUT2D eigenvalue weighted by atomic mass is 19.1. The summed E-state index contributed by atoms with van der Waals surface area (Å²) < 4.78 is 26.6. The number of benzene rings is 2. The summed E-state index contributed by atoms with van der Waals surface area (Å²) in [5.74, 6) is -0.506. The molecule has 1 heterocycles. The molecule has 2 atom stereocenters. The van der Waals surface area contributed by atoms with Crippen molar-refractivity contribution in [2.75, 3.05) is 31.1 Å². The fraction of sp³-hybridized carbons (Fsp3) is 0.429. The molecule has 0 aromatic heterocycles. The molecule has 3 rings (SSSR count). The van der Waals surface area contributed by atoms with E-state index in [1.54, 1.807) is 24.3 Å². The number of hydrogen-bond acceptors (Lipinski definition) is 3. The maximum Gasteiger partial charge on any atom is 0.123 e. The SMILES string of the molecule is C[C@@H]1CN(CCCN(c2ccc(F)cc2)c2ccc(F)cc2)C[C@H](C)N1. The normalized spacial score (nSPS) is 20.9. The summed E-state index contributed by atoms with van der Waals surface area (Å²) in [7, 11) is 0. The van der Waals surface area contributed by atoms with Crippen LogP contribution in [-0.4, -0.2) is 43.2 Å². The Morgan fingerprint density at radius 1 is 0.885 bits per heavy atom. The molecule has 3 nitrogen and oxygen atoms in total. The van der Waals surface area contributed by atoms with E-state index in [-0.39, 0.29) is 11.6 Å². The zero-order chi connectivity index (χ0) is 18.5. The molecule has 26 heavy (non-hydrogen) atoms. The second-order valence-electron chi connectivity index (χ2n) is 7.19. The van der Waals surface area contributed by atoms with Crippen molar-refractivity contribution >= 4 is 11.4 Å². The summed E-state index contributed by atoms with van der Waals surface area (Å²) in [6.07, 6.45) is 0.980. The first-order chi connectivity index (χ1) is 12.5. The lowest BCUT2D eigenvalue weighted by Crippen LogP contribution is -2.54. The lowest BCUT2D eigenvalue weighted by Gasteiger charge is -2.36. The Labute approximate surface area is 154 Å². The average molecular weight is 359 g/mol. The highest BCUT2D eigenvalue weighted by Gasteiger charge is 2.20. The number of piperazine rings is 1. The second-order valence-corrected chi connectivity index (χ2v) is 7.19. The summed E-state index contributed by atoms with van der Waals surface area (Å²) in [5.41, 5.74) is 1.83. The number of nitrogens with zero attached hydrogens (tertiary/aromatic N) is 2. The second kappa shape index (κ2) is 8.60. The van der Waals surface area contributed by atoms with Crippen molar-refractivity contribution in [1.82, 2.24) is 10.2 Å². The van der Waals surface area contributed by atoms with Crippen LogP contribution in [0.2, 0.25) is 0 Å². The van der Waals surface area contributed by atoms with Crippen LogP contribution in [0.25, 0.3) is 0 Å². The number of nitrogens with one attached hydrogen (secondary N) is 1. The van der Waals surface area contributed by atoms with Gasteiger partial charge in [0.15, 0.2) is 0 Å². The van der Waals surface area contributed by atoms with E-state index in [0.717, 1.165) is 44.0 Å². The minimum atomic E-state index is -0.253. The van der Waals surface area contributed by atoms with Gasteiger partial charge in [-0.3, -0.25) is 0 Å². The lowest BCUT2D eigenvalue weighted by molar-refractivity contribution is 0.173. The van der Waals surface area contributed by atoms with Crippen molar-refractivity contribution < 1.29 is 8.78 Å². The Bertz CT molecular complexity index is 632. The maximum atomic E-state index is 13.3. The fourth-order valence-electron chi connectivity index (χ4n) is 3.72. The van der Waals surface area contributed by atoms with Crippen molar-refractivity contribution in [3.63, 3.8) is 0 Å². The first-order valence-electron chi connectivity index (χ1n) is 9.28. The summed E-state index contributed by atoms with van der Waals surface area (Å²) >= 11 is 0. The smallest absolute Gasteiger partial charge is 0.123 e. The van der Waals surface area contributed by atoms with Crippen molar-refractivity contribution in [2.24, 2.45) is 0 Å². The Morgan fingerprint density at radius 3 is 1.81 bits per heavy atom. The predicted octanol–water partition coefficient (Wildman–Crippen LogP) is 4.18. The van der Waals surface area contributed by atoms with Gasteiger partial charge in [-0.15, -0.1) is 0 Å². The van der Waals surface area contributed by atoms with Gasteiger partial charge in [-0.05, 0) is 75.3 Å². The molecule has 0 spiro atoms. The van der Waals surface area contributed by atoms with Crippen LogP contribution >= 0.6 is 0 Å². The van der Waals surface area contributed by atoms with Gasteiger partial charge in [0.2, 0.25) is 0 Å². The Balaban J connectivity index is 1.67. The third-order valence-electron chi connectivity index (χ3n) is 4.77. The van der Waals surface area contributed by atoms with Crippen LogP contribution in [0.1, 0.15) is 20.3 Å². The van der Waals surface area contributed by atoms with Crippen molar-refractivity contribution in [1.29, 1.82) is 0 Å². The first kappa shape index (κ1) is 18.8. The van der Waals surface area contributed by atoms with Crippen LogP contribution < -0.4 is 10.2 Å². The first-order valence-corrected chi connectivity index (χ1v) is 9.28. The minimum absolute atomic E-state index is 0.253. The molecular weight excluding hydrogens is 332 g/mol. The van der Waals surface area contributed by atoms with E-state index < -0.39 is 0 Å². The van der Waals surface area contributed by atoms with Crippen LogP contribution in [0.15, 0.2) is 48.5 Å². The molecule has 1 aliphatic heterocycles. The molecule has 2 aromatic carbocycles. The highest BCUT2D eigenvalue weighted by molar-refractivity contribution is 5.62. The topological polar surface area (TPSA) is 18.5 Å². The van der Waals surface area contributed by atoms with E-state index in [2.05, 4.69) is 29.0 Å². The van der Waals surface area contributed by atoms with Gasteiger partial charge in [-0.25, -0.2) is 8.78 Å². The number of hydrogen-bond donors (Lipinski definition) is 1. The van der Waals surface area contributed by atoms with Crippen LogP contribution in [0.4, 0.5) is 20.2 Å². The lowest BCUT2D eigenvalue weighted by atomic mass is 10.1. The molecule has 0 bridgehead atoms. The van der Waals surface area contributed by atoms with Crippen molar-refractivity contribution in [2.45, 2.75) is 32.4 Å². The third kappa shape index (κ3) is 5.02. The van der Waals surface area contributed by atoms with E-state index in [1.165, 1.54) is 24.3 Å². The Hall–Kier alpha value is -1.98. The van der Waals surface area contributed by atoms with Crippen LogP contribution in [0.5, 0.6) is 0 Å². The Morgan fingerprint density at radius 2 is 1.35 bits per heavy atom. The van der Waals surface area contributed by atoms with E-state index in [4.69, 9.17) is 0 Å². The van der Waals surface area contributed by atoms with Crippen LogP contribution in [0, 0.1) is 11.6 Å². The van der Waals surface area contributed by atoms with Gasteiger partial charge < -0.3 is 15.1 Å². The van der Waals surface area contributed by atoms with Gasteiger partial charge in [-0.2, -0.15) is 0 Å². The molecule has 2 aromatic rings. The molecule has 0 aliphatic carbocycles. The summed E-state index contributed by atoms with van der Waals surface area (Å²) in [6.45, 7) is 8.34. The zero-order valence-corrected chi connectivity index (χ0v) is 15.5. The number of rotatable bonds is 6. The molecule has 1 fully saturated rings. The highest BCUT2D eigenvalue weighted by Crippen LogP contribution is 2.26. The fourth-order valence-corrected chi connectivity index (χ4v) is 3.72. The van der Waals surface area contributed by atoms with E-state index in [0.29, 0.717) is 12.1 Å². The molecule has 0 radical (unpaired) electrons. The van der Waals surface area contributed by atoms with Crippen LogP contribution in [-0.2, 0) is 0 Å². The average Bonchev–Trinajstić information content (AvgIpc) is 2.60. The summed E-state index contributed by atoms with van der Waals surface area (Å²) in [5, 5.41) is 3.55. The number of anilines is 2. The molecule has 5 heteroatoms. The molecule has 0 saturated carbocycles. The third-order valence-corrected chi connectivity index (χ3v) is 4.77. The van der Waals surface area contributed by atoms with Gasteiger partial charge >= 0.3 is 0 Å². The van der Waals surface area contributed by atoms with E-state index in [9.17, 15) is 8.78 Å². The number of halogens is 2. The van der Waals surface area contributed by atoms with Gasteiger partial charge in [0.05, 0.1) is 0 Å². The molecular formula is C21H27F2N3. The van der Waals surface area contributed by atoms with Crippen LogP contribution in [0.3, 0.4) is 0 Å². The molecule has 1 saturated heterocycles. The quantitative estimate of drug-likeness (QED) is 0.835.